The van der Waals surface area contributed by atoms with Crippen molar-refractivity contribution in [3.05, 3.63) is 94.5 Å². The van der Waals surface area contributed by atoms with Gasteiger partial charge in [0, 0.05) is 24.0 Å². The van der Waals surface area contributed by atoms with Crippen molar-refractivity contribution in [3.8, 4) is 5.75 Å². The first-order valence-electron chi connectivity index (χ1n) is 10.2. The summed E-state index contributed by atoms with van der Waals surface area (Å²) in [5.41, 5.74) is 1.33. The monoisotopic (exact) mass is 493 g/mol. The highest BCUT2D eigenvalue weighted by molar-refractivity contribution is 6.40. The summed E-state index contributed by atoms with van der Waals surface area (Å²) in [6.45, 7) is 6.94. The third kappa shape index (κ3) is 8.23. The second-order valence-electron chi connectivity index (χ2n) is 6.76. The largest absolute Gasteiger partial charge is 0.489 e. The van der Waals surface area contributed by atoms with Crippen LogP contribution >= 0.6 is 34.8 Å². The molecule has 0 bridgehead atoms. The van der Waals surface area contributed by atoms with Gasteiger partial charge >= 0.3 is 6.03 Å². The molecule has 8 heteroatoms. The van der Waals surface area contributed by atoms with Crippen LogP contribution in [-0.2, 0) is 6.42 Å². The van der Waals surface area contributed by atoms with E-state index in [1.54, 1.807) is 29.4 Å². The summed E-state index contributed by atoms with van der Waals surface area (Å²) < 4.78 is 7.05. The molecule has 5 nitrogen and oxygen atoms in total. The number of carbonyl (C=O) groups excluding carboxylic acids is 1. The Morgan fingerprint density at radius 3 is 2.41 bits per heavy atom. The van der Waals surface area contributed by atoms with Crippen LogP contribution in [0.4, 0.5) is 4.79 Å². The SMILES string of the molecule is C=CCc1ccccc1.CCCN(CCOc1c(Cl)cc(Cl)cc1Cl)C(=O)n1ccnc1. The molecule has 0 spiro atoms. The summed E-state index contributed by atoms with van der Waals surface area (Å²) >= 11 is 18.0. The van der Waals surface area contributed by atoms with Gasteiger partial charge in [-0.05, 0) is 30.5 Å². The van der Waals surface area contributed by atoms with Crippen LogP contribution in [0.1, 0.15) is 18.9 Å². The predicted octanol–water partition coefficient (Wildman–Crippen LogP) is 7.02. The van der Waals surface area contributed by atoms with Crippen molar-refractivity contribution < 1.29 is 9.53 Å². The van der Waals surface area contributed by atoms with Crippen molar-refractivity contribution in [3.63, 3.8) is 0 Å². The zero-order valence-electron chi connectivity index (χ0n) is 17.9. The molecule has 0 aliphatic rings. The van der Waals surface area contributed by atoms with Crippen molar-refractivity contribution in [2.75, 3.05) is 19.7 Å². The molecule has 0 radical (unpaired) electrons. The standard InChI is InChI=1S/C15H16Cl3N3O2.C9H10/c1-2-4-20(15(22)21-5-3-19-10-21)6-7-23-14-12(17)8-11(16)9-13(14)18;1-2-6-9-7-4-3-5-8-9/h3,5,8-10H,2,4,6-7H2,1H3;2-5,7-8H,1,6H2. The Balaban J connectivity index is 0.000000336. The second kappa shape index (κ2) is 13.8. The molecule has 0 saturated carbocycles. The third-order valence-corrected chi connectivity index (χ3v) is 5.06. The van der Waals surface area contributed by atoms with Gasteiger partial charge in [0.15, 0.2) is 5.75 Å². The third-order valence-electron chi connectivity index (χ3n) is 4.28. The van der Waals surface area contributed by atoms with E-state index in [0.717, 1.165) is 12.8 Å². The summed E-state index contributed by atoms with van der Waals surface area (Å²) in [5, 5.41) is 1.12. The van der Waals surface area contributed by atoms with Crippen LogP contribution in [0.2, 0.25) is 15.1 Å². The Bertz CT molecular complexity index is 956. The molecule has 3 aromatic rings. The number of imidazole rings is 1. The molecule has 170 valence electrons. The van der Waals surface area contributed by atoms with Gasteiger partial charge < -0.3 is 9.64 Å². The minimum absolute atomic E-state index is 0.152. The van der Waals surface area contributed by atoms with E-state index in [1.807, 2.05) is 31.2 Å². The first-order valence-corrected chi connectivity index (χ1v) is 11.3. The van der Waals surface area contributed by atoms with Crippen LogP contribution in [0.5, 0.6) is 5.75 Å². The lowest BCUT2D eigenvalue weighted by atomic mass is 10.2. The number of rotatable bonds is 8. The molecule has 1 amide bonds. The fraction of sp³-hybridized carbons (Fsp3) is 0.250. The fourth-order valence-corrected chi connectivity index (χ4v) is 3.74. The maximum atomic E-state index is 12.3. The number of amides is 1. The van der Waals surface area contributed by atoms with E-state index in [4.69, 9.17) is 39.5 Å². The first kappa shape index (κ1) is 25.8. The topological polar surface area (TPSA) is 47.4 Å². The molecule has 32 heavy (non-hydrogen) atoms. The van der Waals surface area contributed by atoms with Gasteiger partial charge in [0.2, 0.25) is 0 Å². The van der Waals surface area contributed by atoms with Gasteiger partial charge in [0.25, 0.3) is 0 Å². The highest BCUT2D eigenvalue weighted by atomic mass is 35.5. The highest BCUT2D eigenvalue weighted by Crippen LogP contribution is 2.35. The van der Waals surface area contributed by atoms with Gasteiger partial charge in [-0.2, -0.15) is 0 Å². The van der Waals surface area contributed by atoms with Crippen LogP contribution in [0.3, 0.4) is 0 Å². The predicted molar refractivity (Wildman–Crippen MR) is 132 cm³/mol. The zero-order chi connectivity index (χ0) is 23.3. The fourth-order valence-electron chi connectivity index (χ4n) is 2.81. The van der Waals surface area contributed by atoms with Crippen molar-refractivity contribution in [2.24, 2.45) is 0 Å². The summed E-state index contributed by atoms with van der Waals surface area (Å²) in [5.74, 6) is 0.365. The molecule has 0 unspecified atom stereocenters. The maximum Gasteiger partial charge on any atom is 0.329 e. The Kier molecular flexibility index (Phi) is 11.2. The molecule has 0 N–H and O–H groups in total. The van der Waals surface area contributed by atoms with E-state index in [9.17, 15) is 4.79 Å². The lowest BCUT2D eigenvalue weighted by molar-refractivity contribution is 0.184. The number of allylic oxidation sites excluding steroid dienone is 1. The number of carbonyl (C=O) groups is 1. The lowest BCUT2D eigenvalue weighted by Gasteiger charge is -2.22. The summed E-state index contributed by atoms with van der Waals surface area (Å²) in [6, 6.07) is 13.3. The minimum Gasteiger partial charge on any atom is -0.489 e. The number of hydrogen-bond donors (Lipinski definition) is 0. The Morgan fingerprint density at radius 1 is 1.16 bits per heavy atom. The van der Waals surface area contributed by atoms with Crippen LogP contribution in [-0.4, -0.2) is 40.2 Å². The minimum atomic E-state index is -0.152. The number of benzene rings is 2. The lowest BCUT2D eigenvalue weighted by Crippen LogP contribution is -2.37. The molecule has 0 saturated heterocycles. The average molecular weight is 495 g/mol. The van der Waals surface area contributed by atoms with Gasteiger partial charge in [-0.1, -0.05) is 78.1 Å². The van der Waals surface area contributed by atoms with Crippen molar-refractivity contribution in [1.82, 2.24) is 14.5 Å². The van der Waals surface area contributed by atoms with Gasteiger partial charge in [0.1, 0.15) is 12.9 Å². The van der Waals surface area contributed by atoms with Crippen molar-refractivity contribution in [1.29, 1.82) is 0 Å². The summed E-state index contributed by atoms with van der Waals surface area (Å²) in [6.07, 6.45) is 8.36. The maximum absolute atomic E-state index is 12.3. The zero-order valence-corrected chi connectivity index (χ0v) is 20.2. The Morgan fingerprint density at radius 2 is 1.84 bits per heavy atom. The molecule has 1 heterocycles. The number of halogens is 3. The van der Waals surface area contributed by atoms with Crippen LogP contribution < -0.4 is 4.74 Å². The molecular weight excluding hydrogens is 469 g/mol. The Hall–Kier alpha value is -2.47. The van der Waals surface area contributed by atoms with Crippen molar-refractivity contribution in [2.45, 2.75) is 19.8 Å². The molecule has 2 aromatic carbocycles. The molecule has 0 aliphatic carbocycles. The van der Waals surface area contributed by atoms with E-state index in [2.05, 4.69) is 23.7 Å². The van der Waals surface area contributed by atoms with E-state index in [-0.39, 0.29) is 12.6 Å². The Labute approximate surface area is 204 Å². The summed E-state index contributed by atoms with van der Waals surface area (Å²) in [7, 11) is 0. The number of ether oxygens (including phenoxy) is 1. The normalized spacial score (nSPS) is 10.1. The first-order chi connectivity index (χ1) is 15.5. The second-order valence-corrected chi connectivity index (χ2v) is 8.02. The van der Waals surface area contributed by atoms with Gasteiger partial charge in [-0.15, -0.1) is 6.58 Å². The van der Waals surface area contributed by atoms with Crippen LogP contribution in [0, 0.1) is 0 Å². The van der Waals surface area contributed by atoms with E-state index < -0.39 is 0 Å². The molecule has 0 fully saturated rings. The van der Waals surface area contributed by atoms with Gasteiger partial charge in [0.05, 0.1) is 16.6 Å². The van der Waals surface area contributed by atoms with E-state index >= 15 is 0 Å². The van der Waals surface area contributed by atoms with E-state index in [1.165, 1.54) is 16.5 Å². The molecule has 0 atom stereocenters. The van der Waals surface area contributed by atoms with Crippen LogP contribution in [0.15, 0.2) is 73.8 Å². The van der Waals surface area contributed by atoms with Crippen LogP contribution in [0.25, 0.3) is 0 Å². The number of nitrogens with zero attached hydrogens (tertiary/aromatic N) is 3. The molecule has 3 rings (SSSR count). The molecule has 1 aromatic heterocycles. The quantitative estimate of drug-likeness (QED) is 0.316. The van der Waals surface area contributed by atoms with Gasteiger partial charge in [-0.25, -0.2) is 9.78 Å². The van der Waals surface area contributed by atoms with Crippen molar-refractivity contribution >= 4 is 40.8 Å². The number of hydrogen-bond acceptors (Lipinski definition) is 3. The van der Waals surface area contributed by atoms with E-state index in [0.29, 0.717) is 33.9 Å². The van der Waals surface area contributed by atoms with Gasteiger partial charge in [-0.3, -0.25) is 4.57 Å². The smallest absolute Gasteiger partial charge is 0.329 e. The highest BCUT2D eigenvalue weighted by Gasteiger charge is 2.15. The molecule has 0 aliphatic heterocycles. The average Bonchev–Trinajstić information content (AvgIpc) is 3.31. The summed E-state index contributed by atoms with van der Waals surface area (Å²) in [4.78, 5) is 17.9. The molecular formula is C24H26Cl3N3O2. The number of aromatic nitrogens is 2.